The van der Waals surface area contributed by atoms with Gasteiger partial charge >= 0.3 is 0 Å². The van der Waals surface area contributed by atoms with Crippen molar-refractivity contribution in [3.05, 3.63) is 35.8 Å². The van der Waals surface area contributed by atoms with Crippen molar-refractivity contribution in [1.82, 2.24) is 4.98 Å². The Hall–Kier alpha value is -1.82. The fourth-order valence-electron chi connectivity index (χ4n) is 1.34. The third kappa shape index (κ3) is 1.60. The number of rotatable bonds is 2. The number of aromatic nitrogens is 1. The molecular formula is C11H10N2O. The SMILES string of the molecule is N#C/C(=C(\O)C1CC1)c1cccnc1. The molecule has 1 fully saturated rings. The smallest absolute Gasteiger partial charge is 0.114 e. The van der Waals surface area contributed by atoms with Gasteiger partial charge in [0.2, 0.25) is 0 Å². The average molecular weight is 186 g/mol. The molecule has 2 rings (SSSR count). The Kier molecular flexibility index (Phi) is 2.19. The van der Waals surface area contributed by atoms with E-state index in [4.69, 9.17) is 5.26 Å². The molecule has 14 heavy (non-hydrogen) atoms. The van der Waals surface area contributed by atoms with Crippen LogP contribution in [0.4, 0.5) is 0 Å². The van der Waals surface area contributed by atoms with Gasteiger partial charge in [-0.2, -0.15) is 5.26 Å². The topological polar surface area (TPSA) is 56.9 Å². The molecule has 3 heteroatoms. The number of nitriles is 1. The molecule has 0 saturated heterocycles. The van der Waals surface area contributed by atoms with Gasteiger partial charge in [0.15, 0.2) is 0 Å². The van der Waals surface area contributed by atoms with Crippen LogP contribution in [0, 0.1) is 17.2 Å². The monoisotopic (exact) mass is 186 g/mol. The normalized spacial score (nSPS) is 17.1. The molecule has 3 nitrogen and oxygen atoms in total. The first-order valence-electron chi connectivity index (χ1n) is 4.56. The van der Waals surface area contributed by atoms with Crippen LogP contribution >= 0.6 is 0 Å². The summed E-state index contributed by atoms with van der Waals surface area (Å²) in [6.45, 7) is 0. The highest BCUT2D eigenvalue weighted by molar-refractivity contribution is 5.78. The van der Waals surface area contributed by atoms with Gasteiger partial charge in [0, 0.05) is 23.9 Å². The van der Waals surface area contributed by atoms with Crippen molar-refractivity contribution < 1.29 is 5.11 Å². The van der Waals surface area contributed by atoms with E-state index in [1.54, 1.807) is 24.5 Å². The van der Waals surface area contributed by atoms with Crippen LogP contribution in [-0.4, -0.2) is 10.1 Å². The molecule has 1 heterocycles. The molecule has 1 aromatic rings. The van der Waals surface area contributed by atoms with Crippen LogP contribution in [0.5, 0.6) is 0 Å². The Morgan fingerprint density at radius 3 is 2.86 bits per heavy atom. The number of pyridine rings is 1. The Morgan fingerprint density at radius 1 is 1.57 bits per heavy atom. The minimum Gasteiger partial charge on any atom is -0.511 e. The van der Waals surface area contributed by atoms with Gasteiger partial charge < -0.3 is 5.11 Å². The summed E-state index contributed by atoms with van der Waals surface area (Å²) in [7, 11) is 0. The third-order valence-corrected chi connectivity index (χ3v) is 2.28. The predicted octanol–water partition coefficient (Wildman–Crippen LogP) is 2.28. The van der Waals surface area contributed by atoms with E-state index >= 15 is 0 Å². The second kappa shape index (κ2) is 3.51. The summed E-state index contributed by atoms with van der Waals surface area (Å²) in [5, 5.41) is 18.7. The van der Waals surface area contributed by atoms with Crippen molar-refractivity contribution >= 4 is 5.57 Å². The van der Waals surface area contributed by atoms with E-state index in [2.05, 4.69) is 4.98 Å². The highest BCUT2D eigenvalue weighted by Gasteiger charge is 2.28. The highest BCUT2D eigenvalue weighted by atomic mass is 16.3. The van der Waals surface area contributed by atoms with E-state index in [0.29, 0.717) is 11.1 Å². The van der Waals surface area contributed by atoms with Gasteiger partial charge in [0.1, 0.15) is 11.8 Å². The summed E-state index contributed by atoms with van der Waals surface area (Å²) in [6.07, 6.45) is 5.21. The lowest BCUT2D eigenvalue weighted by Gasteiger charge is -2.01. The number of allylic oxidation sites excluding steroid dienone is 2. The first kappa shape index (κ1) is 8.76. The van der Waals surface area contributed by atoms with Gasteiger partial charge in [-0.3, -0.25) is 4.98 Å². The Bertz CT molecular complexity index is 399. The molecule has 0 atom stereocenters. The first-order valence-corrected chi connectivity index (χ1v) is 4.56. The Morgan fingerprint density at radius 2 is 2.36 bits per heavy atom. The zero-order chi connectivity index (χ0) is 9.97. The molecule has 1 aromatic heterocycles. The molecule has 1 aliphatic carbocycles. The molecule has 1 aliphatic rings. The van der Waals surface area contributed by atoms with Crippen LogP contribution < -0.4 is 0 Å². The van der Waals surface area contributed by atoms with Crippen LogP contribution in [-0.2, 0) is 0 Å². The largest absolute Gasteiger partial charge is 0.511 e. The standard InChI is InChI=1S/C11H10N2O/c12-6-10(11(14)8-3-4-8)9-2-1-5-13-7-9/h1-2,5,7-8,14H,3-4H2/b11-10+. The fraction of sp³-hybridized carbons (Fsp3) is 0.273. The van der Waals surface area contributed by atoms with Crippen molar-refractivity contribution in [2.45, 2.75) is 12.8 Å². The maximum atomic E-state index is 9.73. The molecule has 0 aliphatic heterocycles. The van der Waals surface area contributed by atoms with Crippen LogP contribution in [0.25, 0.3) is 5.57 Å². The molecule has 0 unspecified atom stereocenters. The number of hydrogen-bond donors (Lipinski definition) is 1. The average Bonchev–Trinajstić information content (AvgIpc) is 3.03. The molecule has 0 aromatic carbocycles. The minimum atomic E-state index is 0.199. The number of hydrogen-bond acceptors (Lipinski definition) is 3. The van der Waals surface area contributed by atoms with Crippen LogP contribution in [0.1, 0.15) is 18.4 Å². The lowest BCUT2D eigenvalue weighted by molar-refractivity contribution is 0.383. The zero-order valence-electron chi connectivity index (χ0n) is 7.64. The van der Waals surface area contributed by atoms with Crippen molar-refractivity contribution in [2.75, 3.05) is 0 Å². The van der Waals surface area contributed by atoms with Crippen LogP contribution in [0.3, 0.4) is 0 Å². The maximum absolute atomic E-state index is 9.73. The lowest BCUT2D eigenvalue weighted by atomic mass is 10.1. The van der Waals surface area contributed by atoms with E-state index in [9.17, 15) is 5.11 Å². The highest BCUT2D eigenvalue weighted by Crippen LogP contribution is 2.38. The number of aliphatic hydroxyl groups is 1. The van der Waals surface area contributed by atoms with Gasteiger partial charge in [0.05, 0.1) is 5.57 Å². The third-order valence-electron chi connectivity index (χ3n) is 2.28. The Labute approximate surface area is 82.3 Å². The van der Waals surface area contributed by atoms with E-state index in [-0.39, 0.29) is 11.7 Å². The second-order valence-electron chi connectivity index (χ2n) is 3.39. The van der Waals surface area contributed by atoms with Crippen LogP contribution in [0.2, 0.25) is 0 Å². The van der Waals surface area contributed by atoms with Gasteiger partial charge in [-0.1, -0.05) is 6.07 Å². The summed E-state index contributed by atoms with van der Waals surface area (Å²) >= 11 is 0. The minimum absolute atomic E-state index is 0.199. The summed E-state index contributed by atoms with van der Waals surface area (Å²) in [4.78, 5) is 3.92. The van der Waals surface area contributed by atoms with Crippen molar-refractivity contribution in [2.24, 2.45) is 5.92 Å². The van der Waals surface area contributed by atoms with Crippen molar-refractivity contribution in [3.8, 4) is 6.07 Å². The molecule has 0 bridgehead atoms. The lowest BCUT2D eigenvalue weighted by Crippen LogP contribution is -1.92. The quantitative estimate of drug-likeness (QED) is 0.569. The molecule has 70 valence electrons. The molecule has 0 radical (unpaired) electrons. The summed E-state index contributed by atoms with van der Waals surface area (Å²) in [6, 6.07) is 5.57. The summed E-state index contributed by atoms with van der Waals surface area (Å²) in [5.74, 6) is 0.422. The maximum Gasteiger partial charge on any atom is 0.114 e. The second-order valence-corrected chi connectivity index (χ2v) is 3.39. The summed E-state index contributed by atoms with van der Waals surface area (Å²) in [5.41, 5.74) is 1.06. The number of aliphatic hydroxyl groups excluding tert-OH is 1. The van der Waals surface area contributed by atoms with E-state index in [1.807, 2.05) is 6.07 Å². The van der Waals surface area contributed by atoms with Gasteiger partial charge in [-0.05, 0) is 18.9 Å². The zero-order valence-corrected chi connectivity index (χ0v) is 7.64. The Balaban J connectivity index is 2.40. The predicted molar refractivity (Wildman–Crippen MR) is 52.1 cm³/mol. The molecule has 1 N–H and O–H groups in total. The molecule has 1 saturated carbocycles. The van der Waals surface area contributed by atoms with Crippen molar-refractivity contribution in [3.63, 3.8) is 0 Å². The number of nitrogens with zero attached hydrogens (tertiary/aromatic N) is 2. The van der Waals surface area contributed by atoms with E-state index < -0.39 is 0 Å². The van der Waals surface area contributed by atoms with Crippen molar-refractivity contribution in [1.29, 1.82) is 5.26 Å². The summed E-state index contributed by atoms with van der Waals surface area (Å²) < 4.78 is 0. The van der Waals surface area contributed by atoms with E-state index in [1.165, 1.54) is 0 Å². The molecular weight excluding hydrogens is 176 g/mol. The molecule has 0 amide bonds. The van der Waals surface area contributed by atoms with E-state index in [0.717, 1.165) is 12.8 Å². The fourth-order valence-corrected chi connectivity index (χ4v) is 1.34. The van der Waals surface area contributed by atoms with Gasteiger partial charge in [-0.15, -0.1) is 0 Å². The van der Waals surface area contributed by atoms with Crippen LogP contribution in [0.15, 0.2) is 30.3 Å². The van der Waals surface area contributed by atoms with Gasteiger partial charge in [-0.25, -0.2) is 0 Å². The first-order chi connectivity index (χ1) is 6.83. The van der Waals surface area contributed by atoms with Gasteiger partial charge in [0.25, 0.3) is 0 Å². The molecule has 0 spiro atoms.